The first-order valence-corrected chi connectivity index (χ1v) is 9.79. The molecule has 1 saturated carbocycles. The number of benzene rings is 2. The molecule has 0 radical (unpaired) electrons. The van der Waals surface area contributed by atoms with Crippen molar-refractivity contribution in [2.75, 3.05) is 31.1 Å². The third-order valence-electron chi connectivity index (χ3n) is 5.97. The summed E-state index contributed by atoms with van der Waals surface area (Å²) in [7, 11) is 0. The predicted octanol–water partition coefficient (Wildman–Crippen LogP) is 3.72. The highest BCUT2D eigenvalue weighted by atomic mass is 16.3. The van der Waals surface area contributed by atoms with Crippen LogP contribution in [0.5, 0.6) is 0 Å². The van der Waals surface area contributed by atoms with E-state index < -0.39 is 0 Å². The second-order valence-electron chi connectivity index (χ2n) is 7.98. The van der Waals surface area contributed by atoms with Gasteiger partial charge in [0.15, 0.2) is 0 Å². The summed E-state index contributed by atoms with van der Waals surface area (Å²) in [5, 5.41) is 9.73. The molecule has 3 aliphatic rings. The molecule has 2 heterocycles. The topological polar surface area (TPSA) is 26.7 Å². The number of likely N-dealkylation sites (tertiary alicyclic amines) is 1. The lowest BCUT2D eigenvalue weighted by molar-refractivity contribution is -0.00135. The van der Waals surface area contributed by atoms with Gasteiger partial charge in [-0.2, -0.15) is 0 Å². The van der Waals surface area contributed by atoms with Crippen LogP contribution in [0, 0.1) is 5.92 Å². The molecule has 1 aliphatic carbocycles. The zero-order valence-electron chi connectivity index (χ0n) is 15.1. The summed E-state index contributed by atoms with van der Waals surface area (Å²) in [5.74, 6) is 0.785. The highest BCUT2D eigenvalue weighted by Gasteiger charge is 2.35. The van der Waals surface area contributed by atoms with Crippen molar-refractivity contribution in [3.63, 3.8) is 0 Å². The minimum atomic E-state index is -0.151. The van der Waals surface area contributed by atoms with E-state index in [1.165, 1.54) is 29.7 Å². The highest BCUT2D eigenvalue weighted by Crippen LogP contribution is 2.44. The SMILES string of the molecule is OC1CN(C[C@H](c2ccccc2)N2CC(C3CC3)=Cc3ccccc32)C1. The van der Waals surface area contributed by atoms with Crippen molar-refractivity contribution >= 4 is 11.8 Å². The molecule has 1 atom stereocenters. The maximum atomic E-state index is 9.73. The number of aliphatic hydroxyl groups is 1. The molecule has 3 nitrogen and oxygen atoms in total. The Kier molecular flexibility index (Phi) is 4.07. The zero-order chi connectivity index (χ0) is 17.5. The Morgan fingerprint density at radius 1 is 0.962 bits per heavy atom. The second kappa shape index (κ2) is 6.57. The predicted molar refractivity (Wildman–Crippen MR) is 106 cm³/mol. The number of anilines is 1. The van der Waals surface area contributed by atoms with Crippen LogP contribution >= 0.6 is 0 Å². The quantitative estimate of drug-likeness (QED) is 0.894. The molecular formula is C23H26N2O. The molecule has 0 bridgehead atoms. The van der Waals surface area contributed by atoms with Crippen molar-refractivity contribution in [2.24, 2.45) is 5.92 Å². The van der Waals surface area contributed by atoms with E-state index in [0.29, 0.717) is 6.04 Å². The average molecular weight is 346 g/mol. The van der Waals surface area contributed by atoms with Gasteiger partial charge in [0.1, 0.15) is 0 Å². The number of rotatable bonds is 5. The summed E-state index contributed by atoms with van der Waals surface area (Å²) in [6.07, 6.45) is 4.97. The summed E-state index contributed by atoms with van der Waals surface area (Å²) in [6, 6.07) is 20.0. The molecule has 2 aromatic carbocycles. The van der Waals surface area contributed by atoms with Gasteiger partial charge in [-0.25, -0.2) is 0 Å². The summed E-state index contributed by atoms with van der Waals surface area (Å²) in [5.41, 5.74) is 5.64. The fraction of sp³-hybridized carbons (Fsp3) is 0.391. The molecule has 2 fully saturated rings. The number of hydrogen-bond donors (Lipinski definition) is 1. The lowest BCUT2D eigenvalue weighted by Crippen LogP contribution is -2.54. The standard InChI is InChI=1S/C23H26N2O/c26-21-14-24(15-21)16-23(18-6-2-1-3-7-18)25-13-20(17-10-11-17)12-19-8-4-5-9-22(19)25/h1-9,12,17,21,23,26H,10-11,13-16H2/t23-/m1/s1. The molecule has 0 aromatic heterocycles. The first-order valence-electron chi connectivity index (χ1n) is 9.79. The van der Waals surface area contributed by atoms with Crippen molar-refractivity contribution in [3.8, 4) is 0 Å². The van der Waals surface area contributed by atoms with Crippen LogP contribution in [0.1, 0.15) is 30.0 Å². The second-order valence-corrected chi connectivity index (χ2v) is 7.98. The molecule has 3 heteroatoms. The van der Waals surface area contributed by atoms with Crippen molar-refractivity contribution < 1.29 is 5.11 Å². The lowest BCUT2D eigenvalue weighted by atomic mass is 9.94. The molecule has 0 amide bonds. The Labute approximate surface area is 155 Å². The van der Waals surface area contributed by atoms with E-state index >= 15 is 0 Å². The molecule has 0 unspecified atom stereocenters. The normalized spacial score (nSPS) is 21.7. The Morgan fingerprint density at radius 3 is 2.42 bits per heavy atom. The molecule has 1 saturated heterocycles. The molecule has 134 valence electrons. The number of aliphatic hydroxyl groups excluding tert-OH is 1. The summed E-state index contributed by atoms with van der Waals surface area (Å²) in [6.45, 7) is 3.58. The van der Waals surface area contributed by atoms with Gasteiger partial charge in [0, 0.05) is 31.9 Å². The van der Waals surface area contributed by atoms with E-state index in [9.17, 15) is 5.11 Å². The van der Waals surface area contributed by atoms with Crippen molar-refractivity contribution in [2.45, 2.75) is 25.0 Å². The summed E-state index contributed by atoms with van der Waals surface area (Å²) < 4.78 is 0. The van der Waals surface area contributed by atoms with Crippen molar-refractivity contribution in [3.05, 3.63) is 71.3 Å². The minimum absolute atomic E-state index is 0.151. The van der Waals surface area contributed by atoms with E-state index in [-0.39, 0.29) is 6.10 Å². The summed E-state index contributed by atoms with van der Waals surface area (Å²) in [4.78, 5) is 4.98. The largest absolute Gasteiger partial charge is 0.390 e. The average Bonchev–Trinajstić information content (AvgIpc) is 3.49. The smallest absolute Gasteiger partial charge is 0.0793 e. The van der Waals surface area contributed by atoms with E-state index in [4.69, 9.17) is 0 Å². The fourth-order valence-corrected chi connectivity index (χ4v) is 4.37. The number of nitrogens with zero attached hydrogens (tertiary/aromatic N) is 2. The minimum Gasteiger partial charge on any atom is -0.390 e. The first-order chi connectivity index (χ1) is 12.8. The van der Waals surface area contributed by atoms with Gasteiger partial charge in [0.05, 0.1) is 12.1 Å². The van der Waals surface area contributed by atoms with Crippen molar-refractivity contribution in [1.82, 2.24) is 4.90 Å². The summed E-state index contributed by atoms with van der Waals surface area (Å²) >= 11 is 0. The maximum absolute atomic E-state index is 9.73. The molecular weight excluding hydrogens is 320 g/mol. The first kappa shape index (κ1) is 16.1. The molecule has 5 rings (SSSR count). The van der Waals surface area contributed by atoms with Gasteiger partial charge < -0.3 is 10.0 Å². The molecule has 2 aromatic rings. The molecule has 0 spiro atoms. The van der Waals surface area contributed by atoms with Gasteiger partial charge >= 0.3 is 0 Å². The third kappa shape index (κ3) is 3.06. The Balaban J connectivity index is 1.51. The van der Waals surface area contributed by atoms with E-state index in [2.05, 4.69) is 70.5 Å². The molecule has 26 heavy (non-hydrogen) atoms. The van der Waals surface area contributed by atoms with Crippen LogP contribution in [0.25, 0.3) is 6.08 Å². The van der Waals surface area contributed by atoms with E-state index in [0.717, 1.165) is 32.1 Å². The maximum Gasteiger partial charge on any atom is 0.0793 e. The molecule has 1 N–H and O–H groups in total. The van der Waals surface area contributed by atoms with Gasteiger partial charge in [-0.15, -0.1) is 0 Å². The van der Waals surface area contributed by atoms with Crippen LogP contribution in [-0.4, -0.2) is 42.3 Å². The van der Waals surface area contributed by atoms with Crippen LogP contribution in [-0.2, 0) is 0 Å². The van der Waals surface area contributed by atoms with Gasteiger partial charge in [0.2, 0.25) is 0 Å². The van der Waals surface area contributed by atoms with E-state index in [1.54, 1.807) is 5.57 Å². The number of β-amino-alcohol motifs (C(OH)–C–C–N with tert-alkyl or cyclic N) is 1. The highest BCUT2D eigenvalue weighted by molar-refractivity contribution is 5.74. The van der Waals surface area contributed by atoms with E-state index in [1.807, 2.05) is 0 Å². The monoisotopic (exact) mass is 346 g/mol. The van der Waals surface area contributed by atoms with Crippen LogP contribution in [0.4, 0.5) is 5.69 Å². The van der Waals surface area contributed by atoms with Crippen LogP contribution in [0.3, 0.4) is 0 Å². The van der Waals surface area contributed by atoms with Crippen LogP contribution < -0.4 is 4.90 Å². The number of hydrogen-bond acceptors (Lipinski definition) is 3. The van der Waals surface area contributed by atoms with Gasteiger partial charge in [-0.05, 0) is 41.5 Å². The van der Waals surface area contributed by atoms with Gasteiger partial charge in [-0.1, -0.05) is 54.6 Å². The van der Waals surface area contributed by atoms with Crippen LogP contribution in [0.2, 0.25) is 0 Å². The third-order valence-corrected chi connectivity index (χ3v) is 5.97. The van der Waals surface area contributed by atoms with Crippen molar-refractivity contribution in [1.29, 1.82) is 0 Å². The Bertz CT molecular complexity index is 806. The number of para-hydroxylation sites is 1. The van der Waals surface area contributed by atoms with Gasteiger partial charge in [-0.3, -0.25) is 4.90 Å². The Morgan fingerprint density at radius 2 is 1.69 bits per heavy atom. The fourth-order valence-electron chi connectivity index (χ4n) is 4.37. The molecule has 2 aliphatic heterocycles. The van der Waals surface area contributed by atoms with Gasteiger partial charge in [0.25, 0.3) is 0 Å². The number of fused-ring (bicyclic) bond motifs is 1. The zero-order valence-corrected chi connectivity index (χ0v) is 15.1. The Hall–Kier alpha value is -2.10. The van der Waals surface area contributed by atoms with Crippen LogP contribution in [0.15, 0.2) is 60.2 Å². The lowest BCUT2D eigenvalue weighted by Gasteiger charge is -2.44.